The molecule has 0 amide bonds. The predicted molar refractivity (Wildman–Crippen MR) is 69.3 cm³/mol. The van der Waals surface area contributed by atoms with Crippen LogP contribution in [0.5, 0.6) is 0 Å². The van der Waals surface area contributed by atoms with E-state index in [-0.39, 0.29) is 11.3 Å². The highest BCUT2D eigenvalue weighted by molar-refractivity contribution is 5.82. The predicted octanol–water partition coefficient (Wildman–Crippen LogP) is 4.37. The molecule has 0 N–H and O–H groups in total. The number of Topliss-reactive ketones (excluding diaryl/α,β-unsaturated/α-hetero) is 1. The third kappa shape index (κ3) is 3.47. The number of allylic oxidation sites excluding steroid dienone is 1. The van der Waals surface area contributed by atoms with Gasteiger partial charge in [-0.05, 0) is 43.9 Å². The van der Waals surface area contributed by atoms with Gasteiger partial charge in [-0.1, -0.05) is 26.3 Å². The zero-order valence-corrected chi connectivity index (χ0v) is 11.3. The molecule has 0 radical (unpaired) electrons. The molecule has 1 rings (SSSR count). The second kappa shape index (κ2) is 5.16. The summed E-state index contributed by atoms with van der Waals surface area (Å²) >= 11 is 0. The Balaban J connectivity index is 2.60. The Kier molecular flexibility index (Phi) is 4.35. The SMILES string of the molecule is C=C(C)CCC(C)(C)C1CCC(C)CC1=O. The molecule has 0 heterocycles. The van der Waals surface area contributed by atoms with Gasteiger partial charge in [0.1, 0.15) is 5.78 Å². The van der Waals surface area contributed by atoms with E-state index in [9.17, 15) is 4.79 Å². The first-order valence-electron chi connectivity index (χ1n) is 6.50. The maximum Gasteiger partial charge on any atom is 0.136 e. The minimum Gasteiger partial charge on any atom is -0.299 e. The van der Waals surface area contributed by atoms with Gasteiger partial charge < -0.3 is 0 Å². The molecule has 0 aliphatic heterocycles. The molecular weight excluding hydrogens is 196 g/mol. The summed E-state index contributed by atoms with van der Waals surface area (Å²) in [7, 11) is 0. The molecule has 1 nitrogen and oxygen atoms in total. The quantitative estimate of drug-likeness (QED) is 0.645. The molecule has 1 heteroatoms. The van der Waals surface area contributed by atoms with E-state index in [1.54, 1.807) is 0 Å². The smallest absolute Gasteiger partial charge is 0.136 e. The highest BCUT2D eigenvalue weighted by Gasteiger charge is 2.37. The molecule has 1 aliphatic carbocycles. The fourth-order valence-corrected chi connectivity index (χ4v) is 2.74. The monoisotopic (exact) mass is 222 g/mol. The van der Waals surface area contributed by atoms with E-state index in [0.717, 1.165) is 25.7 Å². The molecule has 0 aromatic rings. The average Bonchev–Trinajstić information content (AvgIpc) is 2.14. The molecule has 1 saturated carbocycles. The van der Waals surface area contributed by atoms with E-state index in [1.165, 1.54) is 12.0 Å². The zero-order chi connectivity index (χ0) is 12.3. The first-order chi connectivity index (χ1) is 7.33. The minimum atomic E-state index is 0.149. The standard InChI is InChI=1S/C15H26O/c1-11(2)8-9-15(4,5)13-7-6-12(3)10-14(13)16/h12-13H,1,6-10H2,2-5H3. The van der Waals surface area contributed by atoms with E-state index in [1.807, 2.05) is 0 Å². The van der Waals surface area contributed by atoms with Crippen LogP contribution in [-0.2, 0) is 4.79 Å². The van der Waals surface area contributed by atoms with Gasteiger partial charge in [0.05, 0.1) is 0 Å². The van der Waals surface area contributed by atoms with Crippen molar-refractivity contribution in [1.29, 1.82) is 0 Å². The Morgan fingerprint density at radius 1 is 1.44 bits per heavy atom. The highest BCUT2D eigenvalue weighted by atomic mass is 16.1. The summed E-state index contributed by atoms with van der Waals surface area (Å²) in [6, 6.07) is 0. The van der Waals surface area contributed by atoms with Crippen molar-refractivity contribution in [1.82, 2.24) is 0 Å². The Morgan fingerprint density at radius 3 is 2.56 bits per heavy atom. The molecule has 0 saturated heterocycles. The lowest BCUT2D eigenvalue weighted by atomic mass is 9.66. The van der Waals surface area contributed by atoms with Crippen LogP contribution in [0.3, 0.4) is 0 Å². The lowest BCUT2D eigenvalue weighted by Crippen LogP contribution is -2.35. The second-order valence-electron chi connectivity index (χ2n) is 6.35. The third-order valence-electron chi connectivity index (χ3n) is 4.03. The normalized spacial score (nSPS) is 26.9. The first-order valence-corrected chi connectivity index (χ1v) is 6.50. The molecule has 2 unspecified atom stereocenters. The summed E-state index contributed by atoms with van der Waals surface area (Å²) < 4.78 is 0. The molecule has 0 aromatic heterocycles. The van der Waals surface area contributed by atoms with E-state index in [4.69, 9.17) is 0 Å². The summed E-state index contributed by atoms with van der Waals surface area (Å²) in [5, 5.41) is 0. The molecule has 0 spiro atoms. The summed E-state index contributed by atoms with van der Waals surface area (Å²) in [6.07, 6.45) is 5.23. The third-order valence-corrected chi connectivity index (χ3v) is 4.03. The van der Waals surface area contributed by atoms with Gasteiger partial charge >= 0.3 is 0 Å². The molecule has 0 aromatic carbocycles. The maximum absolute atomic E-state index is 12.1. The van der Waals surface area contributed by atoms with Crippen molar-refractivity contribution < 1.29 is 4.79 Å². The summed E-state index contributed by atoms with van der Waals surface area (Å²) in [5.74, 6) is 1.37. The van der Waals surface area contributed by atoms with E-state index in [2.05, 4.69) is 34.3 Å². The fraction of sp³-hybridized carbons (Fsp3) is 0.800. The second-order valence-corrected chi connectivity index (χ2v) is 6.35. The van der Waals surface area contributed by atoms with Gasteiger partial charge in [-0.25, -0.2) is 0 Å². The lowest BCUT2D eigenvalue weighted by molar-refractivity contribution is -0.130. The van der Waals surface area contributed by atoms with Crippen LogP contribution in [0.4, 0.5) is 0 Å². The van der Waals surface area contributed by atoms with Crippen LogP contribution in [0.1, 0.15) is 59.8 Å². The van der Waals surface area contributed by atoms with Crippen molar-refractivity contribution in [3.63, 3.8) is 0 Å². The van der Waals surface area contributed by atoms with Crippen LogP contribution in [0, 0.1) is 17.3 Å². The van der Waals surface area contributed by atoms with Gasteiger partial charge in [-0.3, -0.25) is 4.79 Å². The van der Waals surface area contributed by atoms with Crippen LogP contribution in [0.2, 0.25) is 0 Å². The van der Waals surface area contributed by atoms with E-state index >= 15 is 0 Å². The highest BCUT2D eigenvalue weighted by Crippen LogP contribution is 2.41. The van der Waals surface area contributed by atoms with Gasteiger partial charge in [-0.15, -0.1) is 6.58 Å². The molecule has 2 atom stereocenters. The summed E-state index contributed by atoms with van der Waals surface area (Å²) in [5.41, 5.74) is 1.38. The van der Waals surface area contributed by atoms with E-state index < -0.39 is 0 Å². The Bertz CT molecular complexity index is 275. The van der Waals surface area contributed by atoms with Gasteiger partial charge in [0.25, 0.3) is 0 Å². The first kappa shape index (κ1) is 13.5. The summed E-state index contributed by atoms with van der Waals surface area (Å²) in [6.45, 7) is 12.7. The van der Waals surface area contributed by atoms with Crippen LogP contribution < -0.4 is 0 Å². The Labute approximate surface area is 100 Å². The van der Waals surface area contributed by atoms with E-state index in [0.29, 0.717) is 11.7 Å². The number of hydrogen-bond donors (Lipinski definition) is 0. The van der Waals surface area contributed by atoms with Gasteiger partial charge in [0.2, 0.25) is 0 Å². The Morgan fingerprint density at radius 2 is 2.06 bits per heavy atom. The molecular formula is C15H26O. The lowest BCUT2D eigenvalue weighted by Gasteiger charge is -2.37. The zero-order valence-electron chi connectivity index (χ0n) is 11.3. The largest absolute Gasteiger partial charge is 0.299 e. The van der Waals surface area contributed by atoms with Gasteiger partial charge in [-0.2, -0.15) is 0 Å². The molecule has 92 valence electrons. The van der Waals surface area contributed by atoms with Crippen molar-refractivity contribution in [2.24, 2.45) is 17.3 Å². The van der Waals surface area contributed by atoms with Crippen molar-refractivity contribution in [3.05, 3.63) is 12.2 Å². The van der Waals surface area contributed by atoms with Crippen molar-refractivity contribution >= 4 is 5.78 Å². The van der Waals surface area contributed by atoms with Gasteiger partial charge in [0.15, 0.2) is 0 Å². The van der Waals surface area contributed by atoms with Gasteiger partial charge in [0, 0.05) is 12.3 Å². The summed E-state index contributed by atoms with van der Waals surface area (Å²) in [4.78, 5) is 12.1. The topological polar surface area (TPSA) is 17.1 Å². The fourth-order valence-electron chi connectivity index (χ4n) is 2.74. The van der Waals surface area contributed by atoms with Crippen molar-refractivity contribution in [3.8, 4) is 0 Å². The van der Waals surface area contributed by atoms with Crippen LogP contribution in [0.15, 0.2) is 12.2 Å². The minimum absolute atomic E-state index is 0.149. The van der Waals surface area contributed by atoms with Crippen LogP contribution in [0.25, 0.3) is 0 Å². The molecule has 0 bridgehead atoms. The molecule has 16 heavy (non-hydrogen) atoms. The number of carbonyl (C=O) groups is 1. The number of rotatable bonds is 4. The van der Waals surface area contributed by atoms with Crippen LogP contribution >= 0.6 is 0 Å². The Hall–Kier alpha value is -0.590. The molecule has 1 aliphatic rings. The van der Waals surface area contributed by atoms with Crippen molar-refractivity contribution in [2.75, 3.05) is 0 Å². The molecule has 1 fully saturated rings. The maximum atomic E-state index is 12.1. The van der Waals surface area contributed by atoms with Crippen molar-refractivity contribution in [2.45, 2.75) is 59.8 Å². The number of ketones is 1. The average molecular weight is 222 g/mol. The van der Waals surface area contributed by atoms with Crippen LogP contribution in [-0.4, -0.2) is 5.78 Å². The number of hydrogen-bond acceptors (Lipinski definition) is 1. The number of carbonyl (C=O) groups excluding carboxylic acids is 1.